The Morgan fingerprint density at radius 1 is 0.900 bits per heavy atom. The third-order valence-electron chi connectivity index (χ3n) is 7.40. The van der Waals surface area contributed by atoms with Gasteiger partial charge in [-0.1, -0.05) is 0 Å². The van der Waals surface area contributed by atoms with Crippen LogP contribution in [0.15, 0.2) is 30.6 Å². The average Bonchev–Trinajstić information content (AvgIpc) is 3.05. The Labute approximate surface area is 191 Å². The van der Waals surface area contributed by atoms with Gasteiger partial charge in [-0.05, 0) is 0 Å². The predicted molar refractivity (Wildman–Crippen MR) is 140 cm³/mol. The Morgan fingerprint density at radius 2 is 1.43 bits per heavy atom. The molecule has 2 aromatic rings. The molecule has 2 aromatic heterocycles. The van der Waals surface area contributed by atoms with Gasteiger partial charge in [0, 0.05) is 0 Å². The molecule has 0 aromatic carbocycles. The van der Waals surface area contributed by atoms with Gasteiger partial charge in [0.25, 0.3) is 0 Å². The summed E-state index contributed by atoms with van der Waals surface area (Å²) >= 11 is -2.60. The van der Waals surface area contributed by atoms with Gasteiger partial charge in [-0.25, -0.2) is 0 Å². The van der Waals surface area contributed by atoms with Crippen LogP contribution in [0.5, 0.6) is 5.75 Å². The summed E-state index contributed by atoms with van der Waals surface area (Å²) in [7, 11) is -1.91. The summed E-state index contributed by atoms with van der Waals surface area (Å²) in [6.45, 7) is 19.0. The van der Waals surface area contributed by atoms with E-state index in [1.165, 1.54) is 63.1 Å². The maximum absolute atomic E-state index is 7.17. The number of rotatable bonds is 12. The molecule has 170 valence electrons. The van der Waals surface area contributed by atoms with Gasteiger partial charge in [-0.2, -0.15) is 0 Å². The Kier molecular flexibility index (Phi) is 9.42. The first-order valence-electron chi connectivity index (χ1n) is 12.4. The first-order chi connectivity index (χ1) is 14.1. The molecule has 0 bridgehead atoms. The van der Waals surface area contributed by atoms with Crippen LogP contribution in [0.3, 0.4) is 0 Å². The van der Waals surface area contributed by atoms with E-state index in [9.17, 15) is 0 Å². The molecule has 0 saturated carbocycles. The number of aromatic nitrogens is 1. The summed E-state index contributed by atoms with van der Waals surface area (Å²) in [5, 5.41) is 0.210. The summed E-state index contributed by atoms with van der Waals surface area (Å²) in [5.41, 5.74) is 1.29. The summed E-state index contributed by atoms with van der Waals surface area (Å²) in [5.74, 6) is 1.28. The second-order valence-corrected chi connectivity index (χ2v) is 28.7. The van der Waals surface area contributed by atoms with Gasteiger partial charge in [0.2, 0.25) is 0 Å². The number of nitrogens with zero attached hydrogens (tertiary/aromatic N) is 1. The van der Waals surface area contributed by atoms with Crippen molar-refractivity contribution in [3.63, 3.8) is 0 Å². The molecule has 2 rings (SSSR count). The molecule has 0 spiro atoms. The van der Waals surface area contributed by atoms with Crippen molar-refractivity contribution in [2.45, 2.75) is 112 Å². The van der Waals surface area contributed by atoms with Crippen molar-refractivity contribution in [1.82, 2.24) is 4.40 Å². The van der Waals surface area contributed by atoms with Gasteiger partial charge in [-0.3, -0.25) is 0 Å². The Morgan fingerprint density at radius 3 is 1.90 bits per heavy atom. The fourth-order valence-electron chi connectivity index (χ4n) is 4.31. The molecule has 30 heavy (non-hydrogen) atoms. The summed E-state index contributed by atoms with van der Waals surface area (Å²) < 4.78 is 15.7. The minimum absolute atomic E-state index is 0.210. The topological polar surface area (TPSA) is 13.6 Å². The van der Waals surface area contributed by atoms with Crippen molar-refractivity contribution in [3.8, 4) is 5.75 Å². The van der Waals surface area contributed by atoms with Gasteiger partial charge in [0.15, 0.2) is 0 Å². The molecule has 0 unspecified atom stereocenters. The first-order valence-corrected chi connectivity index (χ1v) is 22.8. The van der Waals surface area contributed by atoms with Gasteiger partial charge < -0.3 is 0 Å². The normalized spacial score (nSPS) is 13.2. The van der Waals surface area contributed by atoms with Crippen LogP contribution in [0.2, 0.25) is 31.4 Å². The van der Waals surface area contributed by atoms with Crippen molar-refractivity contribution in [2.24, 2.45) is 0 Å². The van der Waals surface area contributed by atoms with Gasteiger partial charge in [0.1, 0.15) is 0 Å². The van der Waals surface area contributed by atoms with E-state index in [4.69, 9.17) is 4.43 Å². The van der Waals surface area contributed by atoms with Gasteiger partial charge >= 0.3 is 192 Å². The monoisotopic (exact) mass is 537 g/mol. The van der Waals surface area contributed by atoms with Gasteiger partial charge in [-0.15, -0.1) is 0 Å². The summed E-state index contributed by atoms with van der Waals surface area (Å²) in [4.78, 5) is 0. The molecule has 0 aliphatic heterocycles. The predicted octanol–water partition coefficient (Wildman–Crippen LogP) is 8.38. The Bertz CT molecular complexity index is 768. The Balaban J connectivity index is 2.69. The van der Waals surface area contributed by atoms with Crippen LogP contribution in [-0.2, 0) is 0 Å². The van der Waals surface area contributed by atoms with Crippen molar-refractivity contribution in [3.05, 3.63) is 30.6 Å². The zero-order valence-corrected chi connectivity index (χ0v) is 25.0. The number of fused-ring (bicyclic) bond motifs is 1. The first kappa shape index (κ1) is 25.8. The third kappa shape index (κ3) is 5.88. The molecule has 0 amide bonds. The summed E-state index contributed by atoms with van der Waals surface area (Å²) in [6.07, 6.45) is 12.8. The average molecular weight is 536 g/mol. The maximum atomic E-state index is 7.17. The van der Waals surface area contributed by atoms with Crippen LogP contribution >= 0.6 is 0 Å². The van der Waals surface area contributed by atoms with Crippen LogP contribution in [-0.4, -0.2) is 31.1 Å². The molecule has 2 nitrogen and oxygen atoms in total. The van der Waals surface area contributed by atoms with E-state index in [-0.39, 0.29) is 5.04 Å². The second-order valence-electron chi connectivity index (χ2n) is 10.8. The molecule has 0 radical (unpaired) electrons. The van der Waals surface area contributed by atoms with E-state index >= 15 is 0 Å². The fourth-order valence-corrected chi connectivity index (χ4v) is 22.0. The van der Waals surface area contributed by atoms with E-state index in [0.717, 1.165) is 0 Å². The van der Waals surface area contributed by atoms with E-state index in [0.29, 0.717) is 0 Å². The van der Waals surface area contributed by atoms with Crippen LogP contribution in [0.4, 0.5) is 0 Å². The molecule has 0 N–H and O–H groups in total. The van der Waals surface area contributed by atoms with E-state index in [1.54, 1.807) is 3.58 Å². The molecule has 2 heterocycles. The standard InChI is InChI=1S/C14H20NOSi.3C4H9.Sn/c1-14(2,3)17(4,5)16-13-9-11-15-10-7-6-8-12(13)15;3*1-3-4-2;/h6-8,10-11H,1-5H3;3*1,3-4H2,2H3;. The SMILES string of the molecule is CCC[CH2][Sn]([CH2]CCC)([CH2]CCC)[c]1cn2ccccc2c1O[Si](C)(C)C(C)(C)C. The number of pyridine rings is 1. The van der Waals surface area contributed by atoms with Crippen LogP contribution < -0.4 is 8.01 Å². The van der Waals surface area contributed by atoms with E-state index < -0.39 is 26.7 Å². The van der Waals surface area contributed by atoms with E-state index in [1.807, 2.05) is 0 Å². The number of unbranched alkanes of at least 4 members (excludes halogenated alkanes) is 3. The fraction of sp³-hybridized carbons (Fsp3) is 0.692. The molecule has 0 aliphatic carbocycles. The molecular formula is C26H47NOSiSn. The van der Waals surface area contributed by atoms with Crippen LogP contribution in [0, 0.1) is 0 Å². The van der Waals surface area contributed by atoms with E-state index in [2.05, 4.69) is 89.6 Å². The van der Waals surface area contributed by atoms with Crippen molar-refractivity contribution in [2.75, 3.05) is 0 Å². The second kappa shape index (κ2) is 10.9. The zero-order chi connectivity index (χ0) is 22.4. The quantitative estimate of drug-likeness (QED) is 0.249. The number of hydrogen-bond acceptors (Lipinski definition) is 1. The molecule has 0 fully saturated rings. The minimum atomic E-state index is -2.60. The molecule has 0 atom stereocenters. The molecule has 0 saturated heterocycles. The number of hydrogen-bond donors (Lipinski definition) is 0. The van der Waals surface area contributed by atoms with Crippen molar-refractivity contribution < 1.29 is 4.43 Å². The van der Waals surface area contributed by atoms with Crippen molar-refractivity contribution >= 4 is 35.8 Å². The molecular weight excluding hydrogens is 489 g/mol. The molecule has 0 aliphatic rings. The molecule has 4 heteroatoms. The Hall–Kier alpha value is -0.424. The van der Waals surface area contributed by atoms with Crippen LogP contribution in [0.25, 0.3) is 5.52 Å². The van der Waals surface area contributed by atoms with Crippen LogP contribution in [0.1, 0.15) is 80.1 Å². The zero-order valence-electron chi connectivity index (χ0n) is 21.1. The van der Waals surface area contributed by atoms with Crippen molar-refractivity contribution in [1.29, 1.82) is 0 Å². The summed E-state index contributed by atoms with van der Waals surface area (Å²) in [6, 6.07) is 6.62. The third-order valence-corrected chi connectivity index (χ3v) is 27.2. The van der Waals surface area contributed by atoms with Gasteiger partial charge in [0.05, 0.1) is 0 Å².